The summed E-state index contributed by atoms with van der Waals surface area (Å²) in [6.45, 7) is 4.11. The van der Waals surface area contributed by atoms with Gasteiger partial charge < -0.3 is 5.11 Å². The predicted molar refractivity (Wildman–Crippen MR) is 61.9 cm³/mol. The molecule has 15 heavy (non-hydrogen) atoms. The van der Waals surface area contributed by atoms with Gasteiger partial charge in [-0.25, -0.2) is 0 Å². The van der Waals surface area contributed by atoms with E-state index in [2.05, 4.69) is 19.1 Å². The molecule has 1 heteroatoms. The zero-order valence-electron chi connectivity index (χ0n) is 8.91. The topological polar surface area (TPSA) is 20.2 Å². The van der Waals surface area contributed by atoms with Crippen LogP contribution in [0.2, 0.25) is 0 Å². The Bertz CT molecular complexity index is 486. The molecule has 0 spiro atoms. The molecule has 2 aromatic carbocycles. The van der Waals surface area contributed by atoms with Crippen LogP contribution in [0.15, 0.2) is 36.4 Å². The highest BCUT2D eigenvalue weighted by molar-refractivity contribution is 5.72. The zero-order valence-corrected chi connectivity index (χ0v) is 8.91. The number of benzene rings is 2. The lowest BCUT2D eigenvalue weighted by Gasteiger charge is -2.08. The summed E-state index contributed by atoms with van der Waals surface area (Å²) in [5.74, 6) is 0.282. The van der Waals surface area contributed by atoms with Gasteiger partial charge in [-0.1, -0.05) is 35.9 Å². The van der Waals surface area contributed by atoms with E-state index in [1.54, 1.807) is 12.1 Å². The summed E-state index contributed by atoms with van der Waals surface area (Å²) < 4.78 is 0. The maximum absolute atomic E-state index is 9.73. The second-order valence-corrected chi connectivity index (χ2v) is 3.75. The van der Waals surface area contributed by atoms with Gasteiger partial charge in [0.1, 0.15) is 5.75 Å². The number of rotatable bonds is 1. The van der Waals surface area contributed by atoms with Gasteiger partial charge >= 0.3 is 0 Å². The van der Waals surface area contributed by atoms with E-state index in [0.29, 0.717) is 0 Å². The average molecular weight is 197 g/mol. The van der Waals surface area contributed by atoms with Crippen molar-refractivity contribution in [3.8, 4) is 16.9 Å². The van der Waals surface area contributed by atoms with Crippen molar-refractivity contribution < 1.29 is 5.11 Å². The van der Waals surface area contributed by atoms with Gasteiger partial charge in [-0.2, -0.15) is 0 Å². The summed E-state index contributed by atoms with van der Waals surface area (Å²) >= 11 is 0. The lowest BCUT2D eigenvalue weighted by molar-refractivity contribution is 0.477. The third-order valence-electron chi connectivity index (χ3n) is 2.49. The van der Waals surface area contributed by atoms with Gasteiger partial charge in [-0.15, -0.1) is 0 Å². The van der Waals surface area contributed by atoms with Crippen LogP contribution in [-0.4, -0.2) is 5.11 Å². The van der Waals surface area contributed by atoms with Crippen LogP contribution in [0.1, 0.15) is 11.1 Å². The third kappa shape index (κ3) is 1.86. The highest BCUT2D eigenvalue weighted by Crippen LogP contribution is 2.30. The Morgan fingerprint density at radius 1 is 1.13 bits per heavy atom. The van der Waals surface area contributed by atoms with Crippen LogP contribution in [0.5, 0.6) is 5.75 Å². The molecular formula is C14H13O. The molecule has 0 aliphatic rings. The first-order valence-electron chi connectivity index (χ1n) is 4.96. The smallest absolute Gasteiger partial charge is 0.124 e. The summed E-state index contributed by atoms with van der Waals surface area (Å²) in [7, 11) is 0. The molecule has 0 amide bonds. The molecule has 0 bridgehead atoms. The van der Waals surface area contributed by atoms with Crippen LogP contribution in [0.25, 0.3) is 11.1 Å². The first-order chi connectivity index (χ1) is 7.18. The molecule has 0 aromatic heterocycles. The van der Waals surface area contributed by atoms with Gasteiger partial charge in [0.15, 0.2) is 0 Å². The Morgan fingerprint density at radius 2 is 1.93 bits per heavy atom. The first-order valence-corrected chi connectivity index (χ1v) is 4.96. The quantitative estimate of drug-likeness (QED) is 0.742. The SMILES string of the molecule is Cc1ccc(-c2[c]cccc2O)c(C)c1. The van der Waals surface area contributed by atoms with Crippen molar-refractivity contribution in [3.05, 3.63) is 53.6 Å². The first kappa shape index (κ1) is 9.78. The summed E-state index contributed by atoms with van der Waals surface area (Å²) in [6, 6.07) is 14.5. The highest BCUT2D eigenvalue weighted by atomic mass is 16.3. The molecule has 75 valence electrons. The van der Waals surface area contributed by atoms with Gasteiger partial charge in [-0.05, 0) is 37.1 Å². The van der Waals surface area contributed by atoms with Gasteiger partial charge in [0.25, 0.3) is 0 Å². The molecule has 1 N–H and O–H groups in total. The molecule has 0 atom stereocenters. The van der Waals surface area contributed by atoms with Crippen molar-refractivity contribution in [3.63, 3.8) is 0 Å². The maximum Gasteiger partial charge on any atom is 0.124 e. The average Bonchev–Trinajstić information content (AvgIpc) is 2.20. The van der Waals surface area contributed by atoms with E-state index in [1.165, 1.54) is 5.56 Å². The molecule has 2 rings (SSSR count). The fourth-order valence-electron chi connectivity index (χ4n) is 1.74. The highest BCUT2D eigenvalue weighted by Gasteiger charge is 2.05. The normalized spacial score (nSPS) is 10.3. The monoisotopic (exact) mass is 197 g/mol. The van der Waals surface area contributed by atoms with Crippen LogP contribution in [0, 0.1) is 19.9 Å². The van der Waals surface area contributed by atoms with Crippen LogP contribution >= 0.6 is 0 Å². The molecule has 2 aromatic rings. The standard InChI is InChI=1S/C14H13O/c1-10-7-8-12(11(2)9-10)13-5-3-4-6-14(13)15/h3-4,6-9,15H,1-2H3. The van der Waals surface area contributed by atoms with Crippen LogP contribution in [-0.2, 0) is 0 Å². The number of phenolic OH excluding ortho intramolecular Hbond substituents is 1. The zero-order chi connectivity index (χ0) is 10.8. The fourth-order valence-corrected chi connectivity index (χ4v) is 1.74. The summed E-state index contributed by atoms with van der Waals surface area (Å²) in [6.07, 6.45) is 0. The molecule has 0 fully saturated rings. The molecule has 0 aliphatic heterocycles. The largest absolute Gasteiger partial charge is 0.507 e. The van der Waals surface area contributed by atoms with E-state index >= 15 is 0 Å². The number of hydrogen-bond acceptors (Lipinski definition) is 1. The Kier molecular flexibility index (Phi) is 2.46. The van der Waals surface area contributed by atoms with E-state index < -0.39 is 0 Å². The van der Waals surface area contributed by atoms with Crippen molar-refractivity contribution in [2.75, 3.05) is 0 Å². The van der Waals surface area contributed by atoms with Gasteiger partial charge in [0.05, 0.1) is 0 Å². The van der Waals surface area contributed by atoms with E-state index in [0.717, 1.165) is 16.7 Å². The number of hydrogen-bond donors (Lipinski definition) is 1. The van der Waals surface area contributed by atoms with Crippen molar-refractivity contribution in [1.29, 1.82) is 0 Å². The number of aryl methyl sites for hydroxylation is 2. The van der Waals surface area contributed by atoms with E-state index in [9.17, 15) is 5.11 Å². The Balaban J connectivity index is 2.60. The third-order valence-corrected chi connectivity index (χ3v) is 2.49. The predicted octanol–water partition coefficient (Wildman–Crippen LogP) is 3.48. The lowest BCUT2D eigenvalue weighted by Crippen LogP contribution is -1.85. The molecule has 0 saturated carbocycles. The molecule has 0 aliphatic carbocycles. The number of aromatic hydroxyl groups is 1. The summed E-state index contributed by atoms with van der Waals surface area (Å²) in [5.41, 5.74) is 4.20. The molecule has 1 radical (unpaired) electrons. The van der Waals surface area contributed by atoms with E-state index in [4.69, 9.17) is 0 Å². The van der Waals surface area contributed by atoms with Gasteiger partial charge in [0.2, 0.25) is 0 Å². The summed E-state index contributed by atoms with van der Waals surface area (Å²) in [4.78, 5) is 0. The van der Waals surface area contributed by atoms with E-state index in [1.807, 2.05) is 25.1 Å². The Hall–Kier alpha value is -1.76. The minimum Gasteiger partial charge on any atom is -0.507 e. The maximum atomic E-state index is 9.73. The van der Waals surface area contributed by atoms with Gasteiger partial charge in [0, 0.05) is 5.56 Å². The van der Waals surface area contributed by atoms with Gasteiger partial charge in [-0.3, -0.25) is 0 Å². The fraction of sp³-hybridized carbons (Fsp3) is 0.143. The van der Waals surface area contributed by atoms with Crippen molar-refractivity contribution >= 4 is 0 Å². The molecular weight excluding hydrogens is 184 g/mol. The molecule has 0 unspecified atom stereocenters. The van der Waals surface area contributed by atoms with Crippen LogP contribution in [0.3, 0.4) is 0 Å². The van der Waals surface area contributed by atoms with E-state index in [-0.39, 0.29) is 5.75 Å². The second kappa shape index (κ2) is 3.77. The minimum atomic E-state index is 0.282. The van der Waals surface area contributed by atoms with Crippen LogP contribution < -0.4 is 0 Å². The van der Waals surface area contributed by atoms with Crippen LogP contribution in [0.4, 0.5) is 0 Å². The minimum absolute atomic E-state index is 0.282. The molecule has 1 nitrogen and oxygen atoms in total. The second-order valence-electron chi connectivity index (χ2n) is 3.75. The van der Waals surface area contributed by atoms with Crippen molar-refractivity contribution in [2.24, 2.45) is 0 Å². The Labute approximate surface area is 90.0 Å². The van der Waals surface area contributed by atoms with Crippen molar-refractivity contribution in [1.82, 2.24) is 0 Å². The molecule has 0 saturated heterocycles. The molecule has 0 heterocycles. The van der Waals surface area contributed by atoms with Crippen molar-refractivity contribution in [2.45, 2.75) is 13.8 Å². The summed E-state index contributed by atoms with van der Waals surface area (Å²) in [5, 5.41) is 9.73. The number of phenols is 1. The Morgan fingerprint density at radius 3 is 2.60 bits per heavy atom. The lowest BCUT2D eigenvalue weighted by atomic mass is 9.98.